The summed E-state index contributed by atoms with van der Waals surface area (Å²) in [5.41, 5.74) is 7.21. The smallest absolute Gasteiger partial charge is 0.248 e. The van der Waals surface area contributed by atoms with Crippen LogP contribution in [0.2, 0.25) is 0 Å². The second kappa shape index (κ2) is 8.84. The number of phenols is 1. The van der Waals surface area contributed by atoms with Crippen LogP contribution in [0.25, 0.3) is 0 Å². The topological polar surface area (TPSA) is 95.6 Å². The normalized spacial score (nSPS) is 12.2. The van der Waals surface area contributed by atoms with Gasteiger partial charge in [0.1, 0.15) is 0 Å². The fourth-order valence-electron chi connectivity index (χ4n) is 2.30. The second-order valence-corrected chi connectivity index (χ2v) is 5.64. The van der Waals surface area contributed by atoms with Crippen molar-refractivity contribution in [3.63, 3.8) is 0 Å². The number of rotatable bonds is 7. The zero-order valence-corrected chi connectivity index (χ0v) is 13.7. The molecule has 0 heterocycles. The number of para-hydroxylation sites is 2. The Bertz CT molecular complexity index is 762. The Morgan fingerprint density at radius 1 is 1.28 bits per heavy atom. The summed E-state index contributed by atoms with van der Waals surface area (Å²) >= 11 is 0. The first-order valence-electron chi connectivity index (χ1n) is 7.96. The highest BCUT2D eigenvalue weighted by Gasteiger charge is 2.10. The highest BCUT2D eigenvalue weighted by Crippen LogP contribution is 2.24. The Balaban J connectivity index is 1.74. The lowest BCUT2D eigenvalue weighted by Gasteiger charge is -2.10. The molecule has 0 aliphatic rings. The number of hydrogen-bond acceptors (Lipinski definition) is 4. The molecule has 1 atom stereocenters. The van der Waals surface area contributed by atoms with Crippen molar-refractivity contribution >= 4 is 17.3 Å². The van der Waals surface area contributed by atoms with Gasteiger partial charge in [-0.25, -0.2) is 4.39 Å². The summed E-state index contributed by atoms with van der Waals surface area (Å²) in [5.74, 6) is -1.48. The molecule has 0 aromatic heterocycles. The third-order valence-corrected chi connectivity index (χ3v) is 3.69. The van der Waals surface area contributed by atoms with Gasteiger partial charge in [0.15, 0.2) is 11.6 Å². The number of hydrogen-bond donors (Lipinski definition) is 4. The number of carbonyl (C=O) groups excluding carboxylic acids is 1. The lowest BCUT2D eigenvalue weighted by atomic mass is 10.0. The van der Waals surface area contributed by atoms with Gasteiger partial charge in [-0.1, -0.05) is 24.3 Å². The standard InChI is InChI=1S/C19H21FN2O3/c20-14-12-13(10-11-18(14)24)17(23)8-2-1-3-9-19(25)22-16-7-5-4-6-15(16)21/h3-7,9-12,17,23-24H,1-2,8,21H2,(H,22,25)/b9-3+/t17-/m1/s1. The van der Waals surface area contributed by atoms with E-state index in [0.717, 1.165) is 6.07 Å². The van der Waals surface area contributed by atoms with Crippen LogP contribution in [0.1, 0.15) is 30.9 Å². The van der Waals surface area contributed by atoms with Crippen LogP contribution in [-0.2, 0) is 4.79 Å². The summed E-state index contributed by atoms with van der Waals surface area (Å²) in [6.45, 7) is 0. The van der Waals surface area contributed by atoms with Crippen LogP contribution in [0.15, 0.2) is 54.6 Å². The van der Waals surface area contributed by atoms with Gasteiger partial charge in [0.05, 0.1) is 17.5 Å². The quantitative estimate of drug-likeness (QED) is 0.351. The number of nitrogens with one attached hydrogen (secondary N) is 1. The number of nitrogen functional groups attached to an aromatic ring is 1. The minimum Gasteiger partial charge on any atom is -0.505 e. The van der Waals surface area contributed by atoms with E-state index in [0.29, 0.717) is 36.2 Å². The Labute approximate surface area is 145 Å². The van der Waals surface area contributed by atoms with Gasteiger partial charge in [-0.05, 0) is 55.2 Å². The Hall–Kier alpha value is -2.86. The van der Waals surface area contributed by atoms with Crippen LogP contribution in [0.3, 0.4) is 0 Å². The average molecular weight is 344 g/mol. The first-order chi connectivity index (χ1) is 12.0. The predicted molar refractivity (Wildman–Crippen MR) is 95.5 cm³/mol. The molecule has 6 heteroatoms. The minimum atomic E-state index is -0.818. The number of nitrogens with two attached hydrogens (primary N) is 1. The average Bonchev–Trinajstić information content (AvgIpc) is 2.59. The third kappa shape index (κ3) is 5.61. The third-order valence-electron chi connectivity index (χ3n) is 3.69. The summed E-state index contributed by atoms with van der Waals surface area (Å²) in [4.78, 5) is 11.8. The second-order valence-electron chi connectivity index (χ2n) is 5.64. The van der Waals surface area contributed by atoms with Crippen molar-refractivity contribution in [1.82, 2.24) is 0 Å². The molecule has 2 aromatic carbocycles. The van der Waals surface area contributed by atoms with Gasteiger partial charge in [0.2, 0.25) is 5.91 Å². The van der Waals surface area contributed by atoms with Crippen molar-refractivity contribution in [2.24, 2.45) is 0 Å². The lowest BCUT2D eigenvalue weighted by molar-refractivity contribution is -0.111. The zero-order chi connectivity index (χ0) is 18.2. The molecule has 0 aliphatic carbocycles. The maximum atomic E-state index is 13.3. The van der Waals surface area contributed by atoms with Gasteiger partial charge in [-0.15, -0.1) is 0 Å². The van der Waals surface area contributed by atoms with Crippen LogP contribution in [0.5, 0.6) is 5.75 Å². The molecule has 0 saturated carbocycles. The maximum Gasteiger partial charge on any atom is 0.248 e. The number of aliphatic hydroxyl groups is 1. The maximum absolute atomic E-state index is 13.3. The zero-order valence-electron chi connectivity index (χ0n) is 13.7. The van der Waals surface area contributed by atoms with Crippen molar-refractivity contribution in [2.45, 2.75) is 25.4 Å². The molecule has 0 spiro atoms. The predicted octanol–water partition coefficient (Wildman–Crippen LogP) is 3.51. The number of halogens is 1. The number of aliphatic hydroxyl groups excluding tert-OH is 1. The van der Waals surface area contributed by atoms with Crippen molar-refractivity contribution in [2.75, 3.05) is 11.1 Å². The van der Waals surface area contributed by atoms with E-state index in [1.165, 1.54) is 18.2 Å². The molecule has 0 aliphatic heterocycles. The molecule has 2 aromatic rings. The molecule has 132 valence electrons. The molecule has 2 rings (SSSR count). The van der Waals surface area contributed by atoms with Crippen molar-refractivity contribution in [1.29, 1.82) is 0 Å². The highest BCUT2D eigenvalue weighted by molar-refractivity contribution is 6.01. The number of anilines is 2. The minimum absolute atomic E-state index is 0.279. The summed E-state index contributed by atoms with van der Waals surface area (Å²) in [6, 6.07) is 10.8. The number of aromatic hydroxyl groups is 1. The Morgan fingerprint density at radius 3 is 2.76 bits per heavy atom. The first-order valence-corrected chi connectivity index (χ1v) is 7.96. The van der Waals surface area contributed by atoms with E-state index in [1.807, 2.05) is 0 Å². The van der Waals surface area contributed by atoms with Crippen LogP contribution in [0, 0.1) is 5.82 Å². The first kappa shape index (κ1) is 18.5. The van der Waals surface area contributed by atoms with Crippen LogP contribution in [-0.4, -0.2) is 16.1 Å². The van der Waals surface area contributed by atoms with E-state index in [-0.39, 0.29) is 5.91 Å². The molecule has 0 unspecified atom stereocenters. The van der Waals surface area contributed by atoms with E-state index >= 15 is 0 Å². The Kier molecular flexibility index (Phi) is 6.54. The van der Waals surface area contributed by atoms with Crippen molar-refractivity contribution < 1.29 is 19.4 Å². The molecule has 0 fully saturated rings. The molecular weight excluding hydrogens is 323 g/mol. The van der Waals surface area contributed by atoms with Gasteiger partial charge in [-0.3, -0.25) is 4.79 Å². The number of phenolic OH excluding ortho intramolecular Hbond substituents is 1. The van der Waals surface area contributed by atoms with Gasteiger partial charge in [0, 0.05) is 0 Å². The van der Waals surface area contributed by atoms with Crippen LogP contribution >= 0.6 is 0 Å². The van der Waals surface area contributed by atoms with E-state index in [1.54, 1.807) is 30.3 Å². The molecule has 25 heavy (non-hydrogen) atoms. The van der Waals surface area contributed by atoms with Gasteiger partial charge >= 0.3 is 0 Å². The summed E-state index contributed by atoms with van der Waals surface area (Å²) in [5, 5.41) is 21.8. The summed E-state index contributed by atoms with van der Waals surface area (Å²) < 4.78 is 13.3. The Morgan fingerprint density at radius 2 is 2.04 bits per heavy atom. The monoisotopic (exact) mass is 344 g/mol. The molecule has 0 saturated heterocycles. The molecule has 0 bridgehead atoms. The number of benzene rings is 2. The van der Waals surface area contributed by atoms with Gasteiger partial charge < -0.3 is 21.3 Å². The fraction of sp³-hybridized carbons (Fsp3) is 0.211. The van der Waals surface area contributed by atoms with E-state index in [4.69, 9.17) is 10.8 Å². The summed E-state index contributed by atoms with van der Waals surface area (Å²) in [6.07, 6.45) is 3.94. The lowest BCUT2D eigenvalue weighted by Crippen LogP contribution is -2.09. The largest absolute Gasteiger partial charge is 0.505 e. The van der Waals surface area contributed by atoms with Crippen molar-refractivity contribution in [3.05, 3.63) is 66.0 Å². The molecule has 1 amide bonds. The van der Waals surface area contributed by atoms with Crippen LogP contribution in [0.4, 0.5) is 15.8 Å². The van der Waals surface area contributed by atoms with Crippen molar-refractivity contribution in [3.8, 4) is 5.75 Å². The highest BCUT2D eigenvalue weighted by atomic mass is 19.1. The molecular formula is C19H21FN2O3. The van der Waals surface area contributed by atoms with Crippen LogP contribution < -0.4 is 11.1 Å². The number of carbonyl (C=O) groups is 1. The van der Waals surface area contributed by atoms with E-state index < -0.39 is 17.7 Å². The van der Waals surface area contributed by atoms with Gasteiger partial charge in [-0.2, -0.15) is 0 Å². The van der Waals surface area contributed by atoms with Gasteiger partial charge in [0.25, 0.3) is 0 Å². The number of amides is 1. The summed E-state index contributed by atoms with van der Waals surface area (Å²) in [7, 11) is 0. The number of unbranched alkanes of at least 4 members (excludes halogenated alkanes) is 1. The van der Waals surface area contributed by atoms with E-state index in [2.05, 4.69) is 5.32 Å². The number of allylic oxidation sites excluding steroid dienone is 1. The fourth-order valence-corrected chi connectivity index (χ4v) is 2.30. The van der Waals surface area contributed by atoms with E-state index in [9.17, 15) is 14.3 Å². The molecule has 0 radical (unpaired) electrons. The SMILES string of the molecule is Nc1ccccc1NC(=O)/C=C/CCC[C@@H](O)c1ccc(O)c(F)c1. The molecule has 5 nitrogen and oxygen atoms in total. The molecule has 5 N–H and O–H groups in total.